The molecule has 1 N–H and O–H groups in total. The summed E-state index contributed by atoms with van der Waals surface area (Å²) < 4.78 is 6.96. The lowest BCUT2D eigenvalue weighted by Crippen LogP contribution is -2.33. The van der Waals surface area contributed by atoms with Crippen molar-refractivity contribution in [2.24, 2.45) is 5.41 Å². The van der Waals surface area contributed by atoms with Gasteiger partial charge in [-0.25, -0.2) is 4.79 Å². The lowest BCUT2D eigenvalue weighted by molar-refractivity contribution is 0.0528. The SMILES string of the molecule is CC(C)(C)OC(=O)NCCc1cn(C(=O)C(C)(C)C)c2ccccc12. The van der Waals surface area contributed by atoms with Crippen LogP contribution in [0.4, 0.5) is 4.79 Å². The van der Waals surface area contributed by atoms with Crippen LogP contribution in [0.5, 0.6) is 0 Å². The molecule has 0 atom stereocenters. The third-order valence-corrected chi connectivity index (χ3v) is 3.72. The fourth-order valence-electron chi connectivity index (χ4n) is 2.59. The van der Waals surface area contributed by atoms with E-state index in [0.29, 0.717) is 13.0 Å². The van der Waals surface area contributed by atoms with E-state index in [1.165, 1.54) is 0 Å². The van der Waals surface area contributed by atoms with Crippen LogP contribution in [-0.4, -0.2) is 28.7 Å². The van der Waals surface area contributed by atoms with Crippen LogP contribution in [0.3, 0.4) is 0 Å². The number of ether oxygens (including phenoxy) is 1. The Morgan fingerprint density at radius 2 is 1.72 bits per heavy atom. The molecule has 1 aromatic heterocycles. The summed E-state index contributed by atoms with van der Waals surface area (Å²) in [6.07, 6.45) is 2.08. The van der Waals surface area contributed by atoms with Gasteiger partial charge >= 0.3 is 6.09 Å². The number of carbonyl (C=O) groups excluding carboxylic acids is 2. The monoisotopic (exact) mass is 344 g/mol. The van der Waals surface area contributed by atoms with E-state index >= 15 is 0 Å². The normalized spacial score (nSPS) is 12.2. The number of fused-ring (bicyclic) bond motifs is 1. The van der Waals surface area contributed by atoms with Gasteiger partial charge in [-0.05, 0) is 38.8 Å². The molecule has 2 rings (SSSR count). The van der Waals surface area contributed by atoms with Crippen LogP contribution in [0.25, 0.3) is 10.9 Å². The minimum absolute atomic E-state index is 0.0510. The molecule has 0 aliphatic heterocycles. The summed E-state index contributed by atoms with van der Waals surface area (Å²) in [4.78, 5) is 24.5. The number of hydrogen-bond acceptors (Lipinski definition) is 3. The van der Waals surface area contributed by atoms with Gasteiger partial charge in [0.1, 0.15) is 5.60 Å². The van der Waals surface area contributed by atoms with Crippen LogP contribution in [0, 0.1) is 5.41 Å². The number of nitrogens with one attached hydrogen (secondary N) is 1. The molecule has 1 aromatic carbocycles. The zero-order valence-corrected chi connectivity index (χ0v) is 16.0. The summed E-state index contributed by atoms with van der Waals surface area (Å²) in [5.74, 6) is 0.0510. The molecular weight excluding hydrogens is 316 g/mol. The first-order valence-corrected chi connectivity index (χ1v) is 8.60. The highest BCUT2D eigenvalue weighted by Crippen LogP contribution is 2.26. The van der Waals surface area contributed by atoms with Gasteiger partial charge in [-0.1, -0.05) is 39.0 Å². The average molecular weight is 344 g/mol. The van der Waals surface area contributed by atoms with Crippen molar-refractivity contribution in [3.8, 4) is 0 Å². The molecule has 0 bridgehead atoms. The topological polar surface area (TPSA) is 60.3 Å². The number of amides is 1. The number of alkyl carbamates (subject to hydrolysis) is 1. The van der Waals surface area contributed by atoms with Crippen molar-refractivity contribution >= 4 is 22.9 Å². The second-order valence-electron chi connectivity index (χ2n) is 8.28. The summed E-state index contributed by atoms with van der Waals surface area (Å²) in [7, 11) is 0. The van der Waals surface area contributed by atoms with Gasteiger partial charge in [0.15, 0.2) is 0 Å². The van der Waals surface area contributed by atoms with Gasteiger partial charge in [0.25, 0.3) is 0 Å². The molecule has 2 aromatic rings. The Morgan fingerprint density at radius 1 is 1.08 bits per heavy atom. The first kappa shape index (κ1) is 19.0. The van der Waals surface area contributed by atoms with E-state index in [9.17, 15) is 9.59 Å². The molecule has 5 nitrogen and oxygen atoms in total. The molecule has 136 valence electrons. The Morgan fingerprint density at radius 3 is 2.32 bits per heavy atom. The lowest BCUT2D eigenvalue weighted by Gasteiger charge is -2.19. The van der Waals surface area contributed by atoms with E-state index in [-0.39, 0.29) is 5.91 Å². The first-order valence-electron chi connectivity index (χ1n) is 8.60. The van der Waals surface area contributed by atoms with Crippen LogP contribution in [-0.2, 0) is 11.2 Å². The molecule has 0 aliphatic carbocycles. The Bertz CT molecular complexity index is 776. The number of hydrogen-bond donors (Lipinski definition) is 1. The smallest absolute Gasteiger partial charge is 0.407 e. The predicted molar refractivity (Wildman–Crippen MR) is 100.0 cm³/mol. The molecule has 0 saturated heterocycles. The number of benzene rings is 1. The van der Waals surface area contributed by atoms with Gasteiger partial charge in [-0.2, -0.15) is 0 Å². The molecule has 0 unspecified atom stereocenters. The predicted octanol–water partition coefficient (Wildman–Crippen LogP) is 4.39. The van der Waals surface area contributed by atoms with Gasteiger partial charge in [-0.15, -0.1) is 0 Å². The number of carbonyl (C=O) groups is 2. The molecular formula is C20H28N2O3. The highest BCUT2D eigenvalue weighted by Gasteiger charge is 2.25. The van der Waals surface area contributed by atoms with E-state index in [0.717, 1.165) is 16.5 Å². The Labute approximate surface area is 149 Å². The molecule has 5 heteroatoms. The number of para-hydroxylation sites is 1. The van der Waals surface area contributed by atoms with Crippen LogP contribution in [0.1, 0.15) is 51.9 Å². The summed E-state index contributed by atoms with van der Waals surface area (Å²) in [6, 6.07) is 7.84. The highest BCUT2D eigenvalue weighted by atomic mass is 16.6. The van der Waals surface area contributed by atoms with Crippen molar-refractivity contribution in [1.82, 2.24) is 9.88 Å². The van der Waals surface area contributed by atoms with Gasteiger partial charge in [0.2, 0.25) is 5.91 Å². The van der Waals surface area contributed by atoms with Crippen molar-refractivity contribution in [3.63, 3.8) is 0 Å². The van der Waals surface area contributed by atoms with Crippen molar-refractivity contribution in [2.45, 2.75) is 53.6 Å². The maximum Gasteiger partial charge on any atom is 0.407 e. The molecule has 0 saturated carbocycles. The summed E-state index contributed by atoms with van der Waals surface area (Å²) in [5.41, 5.74) is 0.950. The van der Waals surface area contributed by atoms with E-state index in [1.807, 2.05) is 72.0 Å². The second kappa shape index (κ2) is 6.90. The van der Waals surface area contributed by atoms with Gasteiger partial charge in [-0.3, -0.25) is 9.36 Å². The summed E-state index contributed by atoms with van der Waals surface area (Å²) in [5, 5.41) is 3.80. The van der Waals surface area contributed by atoms with Crippen LogP contribution >= 0.6 is 0 Å². The van der Waals surface area contributed by atoms with Crippen LogP contribution in [0.2, 0.25) is 0 Å². The summed E-state index contributed by atoms with van der Waals surface area (Å²) >= 11 is 0. The fraction of sp³-hybridized carbons (Fsp3) is 0.500. The molecule has 0 aliphatic rings. The number of aromatic nitrogens is 1. The third kappa shape index (κ3) is 4.84. The number of rotatable bonds is 3. The molecule has 1 heterocycles. The van der Waals surface area contributed by atoms with Crippen LogP contribution in [0.15, 0.2) is 30.5 Å². The second-order valence-corrected chi connectivity index (χ2v) is 8.28. The minimum Gasteiger partial charge on any atom is -0.444 e. The van der Waals surface area contributed by atoms with Crippen molar-refractivity contribution in [1.29, 1.82) is 0 Å². The van der Waals surface area contributed by atoms with E-state index in [1.54, 1.807) is 4.57 Å². The quantitative estimate of drug-likeness (QED) is 0.898. The Kier molecular flexibility index (Phi) is 5.26. The molecule has 0 fully saturated rings. The molecule has 1 amide bonds. The molecule has 25 heavy (non-hydrogen) atoms. The van der Waals surface area contributed by atoms with Crippen molar-refractivity contribution < 1.29 is 14.3 Å². The zero-order chi connectivity index (χ0) is 18.8. The van der Waals surface area contributed by atoms with Gasteiger partial charge in [0.05, 0.1) is 5.52 Å². The lowest BCUT2D eigenvalue weighted by atomic mass is 9.95. The fourth-order valence-corrected chi connectivity index (χ4v) is 2.59. The van der Waals surface area contributed by atoms with Crippen LogP contribution < -0.4 is 5.32 Å². The minimum atomic E-state index is -0.515. The van der Waals surface area contributed by atoms with Crippen molar-refractivity contribution in [2.75, 3.05) is 6.54 Å². The Hall–Kier alpha value is -2.30. The van der Waals surface area contributed by atoms with Gasteiger partial charge in [0, 0.05) is 23.5 Å². The standard InChI is InChI=1S/C20H28N2O3/c1-19(2,3)17(23)22-13-14(15-9-7-8-10-16(15)22)11-12-21-18(24)25-20(4,5)6/h7-10,13H,11-12H2,1-6H3,(H,21,24). The van der Waals surface area contributed by atoms with E-state index in [4.69, 9.17) is 4.74 Å². The van der Waals surface area contributed by atoms with E-state index in [2.05, 4.69) is 5.32 Å². The molecule has 0 radical (unpaired) electrons. The molecule has 0 spiro atoms. The largest absolute Gasteiger partial charge is 0.444 e. The van der Waals surface area contributed by atoms with E-state index < -0.39 is 17.1 Å². The zero-order valence-electron chi connectivity index (χ0n) is 16.0. The number of nitrogens with zero attached hydrogens (tertiary/aromatic N) is 1. The average Bonchev–Trinajstić information content (AvgIpc) is 2.83. The first-order chi connectivity index (χ1) is 11.5. The maximum atomic E-state index is 12.7. The maximum absolute atomic E-state index is 12.7. The highest BCUT2D eigenvalue weighted by molar-refractivity contribution is 5.96. The van der Waals surface area contributed by atoms with Gasteiger partial charge < -0.3 is 10.1 Å². The third-order valence-electron chi connectivity index (χ3n) is 3.72. The Balaban J connectivity index is 2.17. The summed E-state index contributed by atoms with van der Waals surface area (Å²) in [6.45, 7) is 11.7. The van der Waals surface area contributed by atoms with Crippen molar-refractivity contribution in [3.05, 3.63) is 36.0 Å².